The Hall–Kier alpha value is -2.49. The molecule has 4 heteroatoms. The van der Waals surface area contributed by atoms with Gasteiger partial charge in [-0.25, -0.2) is 0 Å². The van der Waals surface area contributed by atoms with Crippen molar-refractivity contribution in [1.82, 2.24) is 5.32 Å². The van der Waals surface area contributed by atoms with Gasteiger partial charge in [0.25, 0.3) is 0 Å². The fraction of sp³-hybridized carbons (Fsp3) is 0.381. The van der Waals surface area contributed by atoms with E-state index in [1.165, 1.54) is 16.7 Å². The first-order valence-electron chi connectivity index (χ1n) is 8.71. The Kier molecular flexibility index (Phi) is 7.33. The quantitative estimate of drug-likeness (QED) is 0.702. The Morgan fingerprint density at radius 3 is 2.28 bits per heavy atom. The minimum atomic E-state index is 0.0243. The zero-order chi connectivity index (χ0) is 18.1. The summed E-state index contributed by atoms with van der Waals surface area (Å²) in [5, 5.41) is 2.87. The van der Waals surface area contributed by atoms with Crippen molar-refractivity contribution in [3.05, 3.63) is 59.2 Å². The van der Waals surface area contributed by atoms with Gasteiger partial charge in [0.2, 0.25) is 5.91 Å². The number of nitrogens with one attached hydrogen (secondary N) is 1. The van der Waals surface area contributed by atoms with E-state index in [2.05, 4.69) is 19.2 Å². The average Bonchev–Trinajstić information content (AvgIpc) is 2.60. The van der Waals surface area contributed by atoms with Crippen LogP contribution < -0.4 is 14.8 Å². The number of aryl methyl sites for hydroxylation is 3. The zero-order valence-corrected chi connectivity index (χ0v) is 15.3. The van der Waals surface area contributed by atoms with E-state index in [9.17, 15) is 4.79 Å². The summed E-state index contributed by atoms with van der Waals surface area (Å²) in [6.07, 6.45) is 1.15. The van der Waals surface area contributed by atoms with Gasteiger partial charge in [0.15, 0.2) is 0 Å². The molecular weight excluding hydrogens is 314 g/mol. The molecule has 0 bridgehead atoms. The zero-order valence-electron chi connectivity index (χ0n) is 15.3. The molecule has 1 amide bonds. The van der Waals surface area contributed by atoms with Crippen LogP contribution in [0.4, 0.5) is 0 Å². The van der Waals surface area contributed by atoms with Crippen LogP contribution >= 0.6 is 0 Å². The third-order valence-corrected chi connectivity index (χ3v) is 4.01. The Morgan fingerprint density at radius 1 is 0.880 bits per heavy atom. The molecule has 0 atom stereocenters. The predicted octanol–water partition coefficient (Wildman–Crippen LogP) is 3.97. The lowest BCUT2D eigenvalue weighted by molar-refractivity contribution is -0.121. The van der Waals surface area contributed by atoms with E-state index in [4.69, 9.17) is 9.47 Å². The van der Waals surface area contributed by atoms with Gasteiger partial charge < -0.3 is 14.8 Å². The molecule has 0 spiro atoms. The van der Waals surface area contributed by atoms with Crippen molar-refractivity contribution in [2.75, 3.05) is 19.8 Å². The largest absolute Gasteiger partial charge is 0.494 e. The first-order chi connectivity index (χ1) is 12.0. The second-order valence-electron chi connectivity index (χ2n) is 6.21. The van der Waals surface area contributed by atoms with Crippen LogP contribution in [0.2, 0.25) is 0 Å². The number of carbonyl (C=O) groups is 1. The third-order valence-electron chi connectivity index (χ3n) is 4.01. The number of carbonyl (C=O) groups excluding carboxylic acids is 1. The van der Waals surface area contributed by atoms with Gasteiger partial charge in [-0.05, 0) is 62.6 Å². The van der Waals surface area contributed by atoms with Crippen LogP contribution in [-0.4, -0.2) is 25.7 Å². The molecule has 0 saturated carbocycles. The first kappa shape index (κ1) is 18.8. The van der Waals surface area contributed by atoms with E-state index in [-0.39, 0.29) is 5.91 Å². The van der Waals surface area contributed by atoms with Gasteiger partial charge >= 0.3 is 0 Å². The minimum absolute atomic E-state index is 0.0243. The molecule has 2 aromatic rings. The number of hydrogen-bond acceptors (Lipinski definition) is 3. The van der Waals surface area contributed by atoms with E-state index in [0.29, 0.717) is 32.6 Å². The van der Waals surface area contributed by atoms with Crippen LogP contribution in [0.15, 0.2) is 42.5 Å². The van der Waals surface area contributed by atoms with Gasteiger partial charge in [0.05, 0.1) is 13.2 Å². The number of hydrogen-bond donors (Lipinski definition) is 1. The smallest absolute Gasteiger partial charge is 0.220 e. The Balaban J connectivity index is 1.54. The molecular formula is C21H27NO3. The molecule has 0 aliphatic carbocycles. The molecule has 0 aliphatic rings. The standard InChI is InChI=1S/C21H27NO3/c1-16-6-9-19(10-7-16)24-13-4-5-21(23)22-12-14-25-20-11-8-17(2)18(3)15-20/h6-11,15H,4-5,12-14H2,1-3H3,(H,22,23). The summed E-state index contributed by atoms with van der Waals surface area (Å²) in [6, 6.07) is 13.9. The van der Waals surface area contributed by atoms with Crippen LogP contribution in [-0.2, 0) is 4.79 Å². The van der Waals surface area contributed by atoms with Crippen LogP contribution in [0, 0.1) is 20.8 Å². The molecule has 0 aliphatic heterocycles. The summed E-state index contributed by atoms with van der Waals surface area (Å²) in [6.45, 7) is 7.68. The molecule has 2 aromatic carbocycles. The van der Waals surface area contributed by atoms with Crippen molar-refractivity contribution in [3.63, 3.8) is 0 Å². The highest BCUT2D eigenvalue weighted by Crippen LogP contribution is 2.16. The first-order valence-corrected chi connectivity index (χ1v) is 8.71. The highest BCUT2D eigenvalue weighted by molar-refractivity contribution is 5.75. The Bertz CT molecular complexity index is 680. The second-order valence-corrected chi connectivity index (χ2v) is 6.21. The van der Waals surface area contributed by atoms with Gasteiger partial charge in [-0.1, -0.05) is 23.8 Å². The minimum Gasteiger partial charge on any atom is -0.494 e. The van der Waals surface area contributed by atoms with Gasteiger partial charge in [0, 0.05) is 6.42 Å². The SMILES string of the molecule is Cc1ccc(OCCCC(=O)NCCOc2ccc(C)c(C)c2)cc1. The highest BCUT2D eigenvalue weighted by Gasteiger charge is 2.02. The normalized spacial score (nSPS) is 10.4. The summed E-state index contributed by atoms with van der Waals surface area (Å²) in [7, 11) is 0. The fourth-order valence-corrected chi connectivity index (χ4v) is 2.31. The number of rotatable bonds is 9. The molecule has 0 fully saturated rings. The van der Waals surface area contributed by atoms with Gasteiger partial charge in [-0.3, -0.25) is 4.79 Å². The monoisotopic (exact) mass is 341 g/mol. The van der Waals surface area contributed by atoms with E-state index < -0.39 is 0 Å². The molecule has 0 aromatic heterocycles. The fourth-order valence-electron chi connectivity index (χ4n) is 2.31. The van der Waals surface area contributed by atoms with Crippen molar-refractivity contribution in [2.24, 2.45) is 0 Å². The van der Waals surface area contributed by atoms with E-state index in [0.717, 1.165) is 11.5 Å². The molecule has 4 nitrogen and oxygen atoms in total. The summed E-state index contributed by atoms with van der Waals surface area (Å²) >= 11 is 0. The maximum Gasteiger partial charge on any atom is 0.220 e. The number of amides is 1. The lowest BCUT2D eigenvalue weighted by atomic mass is 10.1. The summed E-state index contributed by atoms with van der Waals surface area (Å²) in [5.41, 5.74) is 3.65. The molecule has 0 heterocycles. The Labute approximate surface area is 150 Å². The van der Waals surface area contributed by atoms with Crippen LogP contribution in [0.25, 0.3) is 0 Å². The average molecular weight is 341 g/mol. The Morgan fingerprint density at radius 2 is 1.56 bits per heavy atom. The maximum absolute atomic E-state index is 11.8. The predicted molar refractivity (Wildman–Crippen MR) is 100 cm³/mol. The maximum atomic E-state index is 11.8. The van der Waals surface area contributed by atoms with Gasteiger partial charge in [0.1, 0.15) is 18.1 Å². The second kappa shape index (κ2) is 9.72. The van der Waals surface area contributed by atoms with Crippen molar-refractivity contribution >= 4 is 5.91 Å². The van der Waals surface area contributed by atoms with Crippen LogP contribution in [0.1, 0.15) is 29.5 Å². The molecule has 0 unspecified atom stereocenters. The molecule has 134 valence electrons. The van der Waals surface area contributed by atoms with Crippen LogP contribution in [0.3, 0.4) is 0 Å². The van der Waals surface area contributed by atoms with Crippen molar-refractivity contribution < 1.29 is 14.3 Å². The van der Waals surface area contributed by atoms with E-state index >= 15 is 0 Å². The molecule has 1 N–H and O–H groups in total. The van der Waals surface area contributed by atoms with Crippen molar-refractivity contribution in [3.8, 4) is 11.5 Å². The lowest BCUT2D eigenvalue weighted by Gasteiger charge is -2.10. The molecule has 2 rings (SSSR count). The highest BCUT2D eigenvalue weighted by atomic mass is 16.5. The number of ether oxygens (including phenoxy) is 2. The van der Waals surface area contributed by atoms with Gasteiger partial charge in [-0.15, -0.1) is 0 Å². The van der Waals surface area contributed by atoms with Crippen LogP contribution in [0.5, 0.6) is 11.5 Å². The third kappa shape index (κ3) is 6.87. The molecule has 25 heavy (non-hydrogen) atoms. The number of benzene rings is 2. The van der Waals surface area contributed by atoms with Crippen molar-refractivity contribution in [2.45, 2.75) is 33.6 Å². The topological polar surface area (TPSA) is 47.6 Å². The molecule has 0 radical (unpaired) electrons. The summed E-state index contributed by atoms with van der Waals surface area (Å²) in [5.74, 6) is 1.70. The van der Waals surface area contributed by atoms with Crippen molar-refractivity contribution in [1.29, 1.82) is 0 Å². The van der Waals surface area contributed by atoms with E-state index in [1.54, 1.807) is 0 Å². The van der Waals surface area contributed by atoms with E-state index in [1.807, 2.05) is 49.4 Å². The summed E-state index contributed by atoms with van der Waals surface area (Å²) < 4.78 is 11.3. The molecule has 0 saturated heterocycles. The summed E-state index contributed by atoms with van der Waals surface area (Å²) in [4.78, 5) is 11.8. The van der Waals surface area contributed by atoms with Gasteiger partial charge in [-0.2, -0.15) is 0 Å². The lowest BCUT2D eigenvalue weighted by Crippen LogP contribution is -2.28.